The highest BCUT2D eigenvalue weighted by Gasteiger charge is 2.26. The SMILES string of the molecule is O=C(CN1CCN(C(=O)c2cccs2)CC1)NC1CCOc2ccccc21. The van der Waals surface area contributed by atoms with Crippen LogP contribution in [0.5, 0.6) is 5.75 Å². The van der Waals surface area contributed by atoms with E-state index in [0.717, 1.165) is 35.7 Å². The van der Waals surface area contributed by atoms with Crippen molar-refractivity contribution in [3.8, 4) is 5.75 Å². The highest BCUT2D eigenvalue weighted by atomic mass is 32.1. The normalized spacial score (nSPS) is 19.9. The molecular formula is C20H23N3O3S. The number of amides is 2. The number of carbonyl (C=O) groups is 2. The fourth-order valence-corrected chi connectivity index (χ4v) is 4.29. The first kappa shape index (κ1) is 18.0. The van der Waals surface area contributed by atoms with Gasteiger partial charge in [-0.15, -0.1) is 11.3 Å². The van der Waals surface area contributed by atoms with E-state index in [-0.39, 0.29) is 17.9 Å². The van der Waals surface area contributed by atoms with E-state index in [2.05, 4.69) is 10.2 Å². The minimum Gasteiger partial charge on any atom is -0.493 e. The molecule has 1 fully saturated rings. The van der Waals surface area contributed by atoms with Crippen molar-refractivity contribution in [2.24, 2.45) is 0 Å². The molecule has 0 spiro atoms. The molecular weight excluding hydrogens is 362 g/mol. The third-order valence-corrected chi connectivity index (χ3v) is 5.91. The molecule has 2 aromatic rings. The Labute approximate surface area is 162 Å². The van der Waals surface area contributed by atoms with Gasteiger partial charge in [0.1, 0.15) is 5.75 Å². The number of nitrogens with zero attached hydrogens (tertiary/aromatic N) is 2. The molecule has 1 N–H and O–H groups in total. The lowest BCUT2D eigenvalue weighted by atomic mass is 10.0. The molecule has 3 heterocycles. The number of ether oxygens (including phenoxy) is 1. The number of para-hydroxylation sites is 1. The first-order valence-electron chi connectivity index (χ1n) is 9.27. The number of hydrogen-bond donors (Lipinski definition) is 1. The van der Waals surface area contributed by atoms with Crippen molar-refractivity contribution in [2.45, 2.75) is 12.5 Å². The number of rotatable bonds is 4. The fraction of sp³-hybridized carbons (Fsp3) is 0.400. The van der Waals surface area contributed by atoms with Gasteiger partial charge in [0.25, 0.3) is 5.91 Å². The molecule has 2 aliphatic heterocycles. The van der Waals surface area contributed by atoms with Gasteiger partial charge in [0.15, 0.2) is 0 Å². The third-order valence-electron chi connectivity index (χ3n) is 5.05. The van der Waals surface area contributed by atoms with Crippen molar-refractivity contribution in [2.75, 3.05) is 39.3 Å². The summed E-state index contributed by atoms with van der Waals surface area (Å²) < 4.78 is 5.65. The zero-order valence-electron chi connectivity index (χ0n) is 15.1. The van der Waals surface area contributed by atoms with Gasteiger partial charge in [-0.1, -0.05) is 24.3 Å². The van der Waals surface area contributed by atoms with Crippen LogP contribution in [0.2, 0.25) is 0 Å². The Morgan fingerprint density at radius 2 is 1.93 bits per heavy atom. The zero-order chi connectivity index (χ0) is 18.6. The van der Waals surface area contributed by atoms with Crippen molar-refractivity contribution in [3.05, 3.63) is 52.2 Å². The van der Waals surface area contributed by atoms with Gasteiger partial charge in [-0.25, -0.2) is 0 Å². The first-order valence-corrected chi connectivity index (χ1v) is 10.1. The van der Waals surface area contributed by atoms with Gasteiger partial charge in [-0.2, -0.15) is 0 Å². The Kier molecular flexibility index (Phi) is 5.40. The molecule has 4 rings (SSSR count). The van der Waals surface area contributed by atoms with Gasteiger partial charge in [-0.3, -0.25) is 14.5 Å². The molecule has 2 aliphatic rings. The second-order valence-corrected chi connectivity index (χ2v) is 7.79. The van der Waals surface area contributed by atoms with Crippen LogP contribution in [0.3, 0.4) is 0 Å². The van der Waals surface area contributed by atoms with E-state index < -0.39 is 0 Å². The quantitative estimate of drug-likeness (QED) is 0.876. The Bertz CT molecular complexity index is 801. The molecule has 7 heteroatoms. The molecule has 1 saturated heterocycles. The maximum atomic E-state index is 12.5. The van der Waals surface area contributed by atoms with Gasteiger partial charge in [0, 0.05) is 38.2 Å². The summed E-state index contributed by atoms with van der Waals surface area (Å²) in [4.78, 5) is 29.7. The lowest BCUT2D eigenvalue weighted by molar-refractivity contribution is -0.123. The number of nitrogens with one attached hydrogen (secondary N) is 1. The summed E-state index contributed by atoms with van der Waals surface area (Å²) in [7, 11) is 0. The fourth-order valence-electron chi connectivity index (χ4n) is 3.60. The van der Waals surface area contributed by atoms with E-state index in [1.807, 2.05) is 46.7 Å². The van der Waals surface area contributed by atoms with E-state index in [0.29, 0.717) is 26.2 Å². The molecule has 0 aliphatic carbocycles. The molecule has 0 bridgehead atoms. The highest BCUT2D eigenvalue weighted by Crippen LogP contribution is 2.31. The van der Waals surface area contributed by atoms with Gasteiger partial charge < -0.3 is 15.0 Å². The van der Waals surface area contributed by atoms with E-state index in [9.17, 15) is 9.59 Å². The van der Waals surface area contributed by atoms with E-state index >= 15 is 0 Å². The lowest BCUT2D eigenvalue weighted by Gasteiger charge is -2.34. The van der Waals surface area contributed by atoms with Crippen molar-refractivity contribution >= 4 is 23.2 Å². The van der Waals surface area contributed by atoms with Gasteiger partial charge in [0.2, 0.25) is 5.91 Å². The van der Waals surface area contributed by atoms with Gasteiger partial charge in [-0.05, 0) is 17.5 Å². The van der Waals surface area contributed by atoms with Gasteiger partial charge >= 0.3 is 0 Å². The third kappa shape index (κ3) is 4.14. The summed E-state index contributed by atoms with van der Waals surface area (Å²) in [5.74, 6) is 0.970. The largest absolute Gasteiger partial charge is 0.493 e. The second kappa shape index (κ2) is 8.10. The number of fused-ring (bicyclic) bond motifs is 1. The van der Waals surface area contributed by atoms with Crippen LogP contribution in [-0.4, -0.2) is 60.9 Å². The Balaban J connectivity index is 1.27. The van der Waals surface area contributed by atoms with Crippen molar-refractivity contribution in [3.63, 3.8) is 0 Å². The summed E-state index contributed by atoms with van der Waals surface area (Å²) in [6, 6.07) is 11.6. The molecule has 142 valence electrons. The summed E-state index contributed by atoms with van der Waals surface area (Å²) >= 11 is 1.47. The topological polar surface area (TPSA) is 61.9 Å². The second-order valence-electron chi connectivity index (χ2n) is 6.84. The van der Waals surface area contributed by atoms with Crippen molar-refractivity contribution in [1.29, 1.82) is 0 Å². The molecule has 1 atom stereocenters. The van der Waals surface area contributed by atoms with Crippen LogP contribution in [0.25, 0.3) is 0 Å². The van der Waals surface area contributed by atoms with E-state index in [4.69, 9.17) is 4.74 Å². The van der Waals surface area contributed by atoms with Crippen LogP contribution in [-0.2, 0) is 4.79 Å². The summed E-state index contributed by atoms with van der Waals surface area (Å²) in [6.07, 6.45) is 0.784. The maximum Gasteiger partial charge on any atom is 0.264 e. The molecule has 27 heavy (non-hydrogen) atoms. The Morgan fingerprint density at radius 1 is 1.11 bits per heavy atom. The molecule has 2 amide bonds. The number of thiophene rings is 1. The Hall–Kier alpha value is -2.38. The smallest absolute Gasteiger partial charge is 0.264 e. The first-order chi connectivity index (χ1) is 13.2. The van der Waals surface area contributed by atoms with Gasteiger partial charge in [0.05, 0.1) is 24.1 Å². The number of benzene rings is 1. The standard InChI is InChI=1S/C20H23N3O3S/c24-19(21-16-7-12-26-17-5-2-1-4-15(16)17)14-22-8-10-23(11-9-22)20(25)18-6-3-13-27-18/h1-6,13,16H,7-12,14H2,(H,21,24). The molecule has 0 saturated carbocycles. The molecule has 1 aromatic carbocycles. The van der Waals surface area contributed by atoms with E-state index in [1.165, 1.54) is 11.3 Å². The molecule has 1 unspecified atom stereocenters. The van der Waals surface area contributed by atoms with Crippen LogP contribution < -0.4 is 10.1 Å². The molecule has 0 radical (unpaired) electrons. The number of hydrogen-bond acceptors (Lipinski definition) is 5. The monoisotopic (exact) mass is 385 g/mol. The summed E-state index contributed by atoms with van der Waals surface area (Å²) in [5, 5.41) is 5.06. The minimum absolute atomic E-state index is 0.00384. The average Bonchev–Trinajstić information content (AvgIpc) is 3.23. The summed E-state index contributed by atoms with van der Waals surface area (Å²) in [6.45, 7) is 3.73. The number of piperazine rings is 1. The van der Waals surface area contributed by atoms with Crippen LogP contribution >= 0.6 is 11.3 Å². The Morgan fingerprint density at radius 3 is 2.70 bits per heavy atom. The minimum atomic E-state index is 0.00384. The maximum absolute atomic E-state index is 12.5. The van der Waals surface area contributed by atoms with Crippen molar-refractivity contribution in [1.82, 2.24) is 15.1 Å². The number of carbonyl (C=O) groups excluding carboxylic acids is 2. The van der Waals surface area contributed by atoms with Crippen molar-refractivity contribution < 1.29 is 14.3 Å². The molecule has 1 aromatic heterocycles. The van der Waals surface area contributed by atoms with Crippen LogP contribution in [0.4, 0.5) is 0 Å². The van der Waals surface area contributed by atoms with Crippen LogP contribution in [0, 0.1) is 0 Å². The average molecular weight is 385 g/mol. The lowest BCUT2D eigenvalue weighted by Crippen LogP contribution is -2.51. The predicted octanol–water partition coefficient (Wildman–Crippen LogP) is 2.15. The van der Waals surface area contributed by atoms with Crippen LogP contribution in [0.15, 0.2) is 41.8 Å². The zero-order valence-corrected chi connectivity index (χ0v) is 15.9. The van der Waals surface area contributed by atoms with Crippen LogP contribution in [0.1, 0.15) is 27.7 Å². The van der Waals surface area contributed by atoms with E-state index in [1.54, 1.807) is 0 Å². The molecule has 6 nitrogen and oxygen atoms in total. The summed E-state index contributed by atoms with van der Waals surface area (Å²) in [5.41, 5.74) is 1.04. The predicted molar refractivity (Wildman–Crippen MR) is 104 cm³/mol. The highest BCUT2D eigenvalue weighted by molar-refractivity contribution is 7.12.